The Morgan fingerprint density at radius 2 is 1.69 bits per heavy atom. The van der Waals surface area contributed by atoms with Gasteiger partial charge in [-0.2, -0.15) is 8.42 Å². The van der Waals surface area contributed by atoms with Gasteiger partial charge in [-0.25, -0.2) is 0 Å². The normalized spacial score (nSPS) is 8.56. The van der Waals surface area contributed by atoms with Crippen molar-refractivity contribution < 1.29 is 27.3 Å². The molecule has 1 amide bonds. The molecule has 0 radical (unpaired) electrons. The third-order valence-electron chi connectivity index (χ3n) is 0.792. The second kappa shape index (κ2) is 11.5. The molecule has 0 saturated carbocycles. The number of terminal acetylenes is 1. The summed E-state index contributed by atoms with van der Waals surface area (Å²) >= 11 is 0. The first-order valence-electron chi connectivity index (χ1n) is 3.80. The van der Waals surface area contributed by atoms with Gasteiger partial charge in [0.05, 0.1) is 19.3 Å². The first-order valence-corrected chi connectivity index (χ1v) is 5.41. The Kier molecular flexibility index (Phi) is 14.3. The lowest BCUT2D eigenvalue weighted by molar-refractivity contribution is -0.140. The topological polar surface area (TPSA) is 124 Å². The lowest BCUT2D eigenvalue weighted by Gasteiger charge is -1.94. The molecule has 0 rings (SSSR count). The van der Waals surface area contributed by atoms with E-state index in [-0.39, 0.29) is 12.3 Å². The van der Waals surface area contributed by atoms with Crippen molar-refractivity contribution in [1.82, 2.24) is 0 Å². The SMILES string of the molecule is C#C.CC(N)=O.COC(=O)CCS(=O)(=O)O. The van der Waals surface area contributed by atoms with Gasteiger partial charge in [0, 0.05) is 6.92 Å². The fraction of sp³-hybridized carbons (Fsp3) is 0.500. The van der Waals surface area contributed by atoms with Gasteiger partial charge in [-0.1, -0.05) is 0 Å². The van der Waals surface area contributed by atoms with Crippen LogP contribution in [0, 0.1) is 12.8 Å². The van der Waals surface area contributed by atoms with Crippen LogP contribution in [-0.4, -0.2) is 37.7 Å². The number of carbonyl (C=O) groups is 2. The van der Waals surface area contributed by atoms with Gasteiger partial charge in [-0.3, -0.25) is 14.1 Å². The quantitative estimate of drug-likeness (QED) is 0.384. The zero-order valence-corrected chi connectivity index (χ0v) is 9.86. The standard InChI is InChI=1S/C4H8O5S.C2H5NO.C2H2/c1-9-4(5)2-3-10(6,7)8;1-2(3)4;1-2/h2-3H2,1H3,(H,6,7,8);1H3,(H2,3,4);1-2H. The van der Waals surface area contributed by atoms with Crippen LogP contribution in [0.25, 0.3) is 0 Å². The second-order valence-corrected chi connectivity index (χ2v) is 3.79. The summed E-state index contributed by atoms with van der Waals surface area (Å²) in [4.78, 5) is 19.5. The zero-order valence-electron chi connectivity index (χ0n) is 9.04. The van der Waals surface area contributed by atoms with Crippen LogP contribution < -0.4 is 5.73 Å². The van der Waals surface area contributed by atoms with Crippen molar-refractivity contribution in [2.75, 3.05) is 12.9 Å². The Balaban J connectivity index is -0.000000237. The number of rotatable bonds is 3. The Morgan fingerprint density at radius 1 is 1.38 bits per heavy atom. The third-order valence-corrected chi connectivity index (χ3v) is 1.51. The van der Waals surface area contributed by atoms with Crippen molar-refractivity contribution in [3.8, 4) is 12.8 Å². The second-order valence-electron chi connectivity index (χ2n) is 2.22. The third kappa shape index (κ3) is 39.3. The summed E-state index contributed by atoms with van der Waals surface area (Å²) in [6.07, 6.45) is 7.69. The summed E-state index contributed by atoms with van der Waals surface area (Å²) in [6, 6.07) is 0. The molecule has 0 aliphatic rings. The molecule has 0 atom stereocenters. The Morgan fingerprint density at radius 3 is 1.88 bits per heavy atom. The highest BCUT2D eigenvalue weighted by atomic mass is 32.2. The fourth-order valence-corrected chi connectivity index (χ4v) is 0.739. The minimum Gasteiger partial charge on any atom is -0.469 e. The smallest absolute Gasteiger partial charge is 0.306 e. The van der Waals surface area contributed by atoms with Crippen LogP contribution in [0.4, 0.5) is 0 Å². The maximum absolute atomic E-state index is 10.3. The minimum absolute atomic E-state index is 0.310. The maximum Gasteiger partial charge on any atom is 0.306 e. The highest BCUT2D eigenvalue weighted by Crippen LogP contribution is 1.89. The number of hydrogen-bond acceptors (Lipinski definition) is 5. The lowest BCUT2D eigenvalue weighted by Crippen LogP contribution is -2.10. The Hall–Kier alpha value is -1.59. The molecule has 7 nitrogen and oxygen atoms in total. The van der Waals surface area contributed by atoms with Gasteiger partial charge in [0.15, 0.2) is 0 Å². The number of hydrogen-bond donors (Lipinski definition) is 2. The number of ether oxygens (including phenoxy) is 1. The molecule has 0 aromatic heterocycles. The number of primary amides is 1. The van der Waals surface area contributed by atoms with Gasteiger partial charge in [0.1, 0.15) is 0 Å². The number of methoxy groups -OCH3 is 1. The molecular weight excluding hydrogens is 238 g/mol. The van der Waals surface area contributed by atoms with Gasteiger partial charge < -0.3 is 10.5 Å². The van der Waals surface area contributed by atoms with Crippen LogP contribution in [0.2, 0.25) is 0 Å². The summed E-state index contributed by atoms with van der Waals surface area (Å²) in [5.41, 5.74) is 4.47. The zero-order chi connectivity index (χ0) is 13.8. The average Bonchev–Trinajstić information content (AvgIpc) is 2.15. The summed E-state index contributed by atoms with van der Waals surface area (Å²) in [5.74, 6) is -1.57. The van der Waals surface area contributed by atoms with Crippen molar-refractivity contribution in [3.05, 3.63) is 0 Å². The van der Waals surface area contributed by atoms with E-state index in [1.165, 1.54) is 6.92 Å². The predicted molar refractivity (Wildman–Crippen MR) is 57.8 cm³/mol. The van der Waals surface area contributed by atoms with E-state index in [1.54, 1.807) is 0 Å². The molecule has 0 aromatic rings. The Bertz CT molecular complexity index is 315. The molecular formula is C8H15NO6S. The molecule has 0 fully saturated rings. The van der Waals surface area contributed by atoms with E-state index in [9.17, 15) is 18.0 Å². The van der Waals surface area contributed by atoms with Gasteiger partial charge in [0.2, 0.25) is 5.91 Å². The molecule has 0 aromatic carbocycles. The van der Waals surface area contributed by atoms with E-state index < -0.39 is 21.8 Å². The molecule has 16 heavy (non-hydrogen) atoms. The number of amides is 1. The van der Waals surface area contributed by atoms with Gasteiger partial charge in [-0.15, -0.1) is 12.8 Å². The number of nitrogens with two attached hydrogens (primary N) is 1. The van der Waals surface area contributed by atoms with Crippen LogP contribution >= 0.6 is 0 Å². The summed E-state index contributed by atoms with van der Waals surface area (Å²) in [6.45, 7) is 1.31. The minimum atomic E-state index is -4.03. The molecule has 0 saturated heterocycles. The van der Waals surface area contributed by atoms with Gasteiger partial charge >= 0.3 is 5.97 Å². The monoisotopic (exact) mass is 253 g/mol. The van der Waals surface area contributed by atoms with E-state index in [0.717, 1.165) is 7.11 Å². The van der Waals surface area contributed by atoms with Crippen molar-refractivity contribution in [2.45, 2.75) is 13.3 Å². The van der Waals surface area contributed by atoms with Crippen molar-refractivity contribution in [3.63, 3.8) is 0 Å². The highest BCUT2D eigenvalue weighted by molar-refractivity contribution is 7.85. The average molecular weight is 253 g/mol. The van der Waals surface area contributed by atoms with E-state index in [0.29, 0.717) is 0 Å². The van der Waals surface area contributed by atoms with E-state index in [4.69, 9.17) is 4.55 Å². The van der Waals surface area contributed by atoms with E-state index in [1.807, 2.05) is 0 Å². The summed E-state index contributed by atoms with van der Waals surface area (Å²) in [5, 5.41) is 0. The van der Waals surface area contributed by atoms with Crippen LogP contribution in [0.3, 0.4) is 0 Å². The van der Waals surface area contributed by atoms with Gasteiger partial charge in [0.25, 0.3) is 10.1 Å². The van der Waals surface area contributed by atoms with Gasteiger partial charge in [-0.05, 0) is 0 Å². The fourth-order valence-electron chi connectivity index (χ4n) is 0.314. The summed E-state index contributed by atoms with van der Waals surface area (Å²) < 4.78 is 32.3. The van der Waals surface area contributed by atoms with E-state index >= 15 is 0 Å². The molecule has 3 N–H and O–H groups in total. The molecule has 94 valence electrons. The van der Waals surface area contributed by atoms with Crippen molar-refractivity contribution in [2.24, 2.45) is 5.73 Å². The number of carbonyl (C=O) groups excluding carboxylic acids is 2. The first-order chi connectivity index (χ1) is 7.19. The number of esters is 1. The first kappa shape index (κ1) is 19.9. The molecule has 8 heteroatoms. The van der Waals surface area contributed by atoms with Crippen LogP contribution in [-0.2, 0) is 24.4 Å². The highest BCUT2D eigenvalue weighted by Gasteiger charge is 2.08. The Labute approximate surface area is 94.7 Å². The van der Waals surface area contributed by atoms with Crippen molar-refractivity contribution in [1.29, 1.82) is 0 Å². The predicted octanol–water partition coefficient (Wildman–Crippen LogP) is -0.822. The molecule has 0 aliphatic carbocycles. The molecule has 0 spiro atoms. The molecule has 0 heterocycles. The van der Waals surface area contributed by atoms with Crippen LogP contribution in [0.5, 0.6) is 0 Å². The van der Waals surface area contributed by atoms with Crippen LogP contribution in [0.1, 0.15) is 13.3 Å². The van der Waals surface area contributed by atoms with Crippen LogP contribution in [0.15, 0.2) is 0 Å². The lowest BCUT2D eigenvalue weighted by atomic mass is 10.5. The molecule has 0 unspecified atom stereocenters. The molecule has 0 aliphatic heterocycles. The van der Waals surface area contributed by atoms with Crippen molar-refractivity contribution >= 4 is 22.0 Å². The van der Waals surface area contributed by atoms with E-state index in [2.05, 4.69) is 23.3 Å². The maximum atomic E-state index is 10.3. The summed E-state index contributed by atoms with van der Waals surface area (Å²) in [7, 11) is -2.88. The molecule has 0 bridgehead atoms. The largest absolute Gasteiger partial charge is 0.469 e.